The third kappa shape index (κ3) is 2.11. The molecule has 1 aromatic rings. The zero-order valence-corrected chi connectivity index (χ0v) is 11.6. The third-order valence-electron chi connectivity index (χ3n) is 4.25. The van der Waals surface area contributed by atoms with Crippen molar-refractivity contribution >= 4 is 11.8 Å². The number of rotatable bonds is 2. The predicted octanol–water partition coefficient (Wildman–Crippen LogP) is 4.08. The Kier molecular flexibility index (Phi) is 2.71. The first kappa shape index (κ1) is 12.9. The van der Waals surface area contributed by atoms with E-state index in [1.165, 1.54) is 12.1 Å². The summed E-state index contributed by atoms with van der Waals surface area (Å²) in [5.41, 5.74) is 0.775. The van der Waals surface area contributed by atoms with Crippen molar-refractivity contribution in [3.63, 3.8) is 0 Å². The fourth-order valence-electron chi connectivity index (χ4n) is 2.73. The van der Waals surface area contributed by atoms with Crippen LogP contribution in [0.1, 0.15) is 32.3 Å². The standard InChI is InChI=1S/C16H17NO3/c1-15-7-9-16(2,10-8-15)20-14(15)11-12-3-5-13(6-4-12)17(18)19/h3-7,9,11H,8,10H2,1-2H3/b14-11-/t15-,16+/m1/s1. The first-order valence-electron chi connectivity index (χ1n) is 6.76. The highest BCUT2D eigenvalue weighted by atomic mass is 16.6. The Balaban J connectivity index is 1.93. The molecule has 2 atom stereocenters. The molecule has 0 radical (unpaired) electrons. The van der Waals surface area contributed by atoms with E-state index in [9.17, 15) is 10.1 Å². The Labute approximate surface area is 117 Å². The van der Waals surface area contributed by atoms with E-state index < -0.39 is 0 Å². The molecule has 104 valence electrons. The highest BCUT2D eigenvalue weighted by molar-refractivity contribution is 5.56. The smallest absolute Gasteiger partial charge is 0.269 e. The molecule has 0 N–H and O–H groups in total. The minimum Gasteiger partial charge on any atom is -0.487 e. The molecule has 3 aliphatic rings. The molecule has 1 aromatic carbocycles. The number of nitro groups is 1. The lowest BCUT2D eigenvalue weighted by molar-refractivity contribution is -0.384. The maximum atomic E-state index is 10.7. The van der Waals surface area contributed by atoms with Gasteiger partial charge in [-0.2, -0.15) is 0 Å². The maximum Gasteiger partial charge on any atom is 0.269 e. The average molecular weight is 271 g/mol. The molecule has 2 heterocycles. The highest BCUT2D eigenvalue weighted by Crippen LogP contribution is 2.50. The van der Waals surface area contributed by atoms with Crippen molar-refractivity contribution in [2.75, 3.05) is 0 Å². The molecule has 1 aliphatic carbocycles. The lowest BCUT2D eigenvalue weighted by Gasteiger charge is -2.47. The van der Waals surface area contributed by atoms with E-state index in [0.717, 1.165) is 24.2 Å². The summed E-state index contributed by atoms with van der Waals surface area (Å²) in [6, 6.07) is 6.55. The van der Waals surface area contributed by atoms with Crippen molar-refractivity contribution < 1.29 is 9.66 Å². The van der Waals surface area contributed by atoms with Gasteiger partial charge in [-0.25, -0.2) is 0 Å². The van der Waals surface area contributed by atoms with Gasteiger partial charge in [-0.15, -0.1) is 0 Å². The van der Waals surface area contributed by atoms with Crippen molar-refractivity contribution in [1.82, 2.24) is 0 Å². The van der Waals surface area contributed by atoms with Gasteiger partial charge in [-0.3, -0.25) is 10.1 Å². The predicted molar refractivity (Wildman–Crippen MR) is 77.0 cm³/mol. The van der Waals surface area contributed by atoms with Crippen LogP contribution in [0, 0.1) is 15.5 Å². The van der Waals surface area contributed by atoms with Crippen LogP contribution in [0.3, 0.4) is 0 Å². The highest BCUT2D eigenvalue weighted by Gasteiger charge is 2.44. The van der Waals surface area contributed by atoms with E-state index in [1.54, 1.807) is 12.1 Å². The van der Waals surface area contributed by atoms with E-state index in [2.05, 4.69) is 26.0 Å². The van der Waals surface area contributed by atoms with Crippen molar-refractivity contribution in [3.05, 3.63) is 57.9 Å². The van der Waals surface area contributed by atoms with E-state index in [0.29, 0.717) is 0 Å². The van der Waals surface area contributed by atoms with Gasteiger partial charge in [0.25, 0.3) is 5.69 Å². The van der Waals surface area contributed by atoms with Gasteiger partial charge in [0.05, 0.1) is 4.92 Å². The van der Waals surface area contributed by atoms with Crippen molar-refractivity contribution in [2.45, 2.75) is 32.3 Å². The second-order valence-electron chi connectivity index (χ2n) is 6.02. The molecule has 4 nitrogen and oxygen atoms in total. The molecule has 0 saturated carbocycles. The molecule has 0 amide bonds. The quantitative estimate of drug-likeness (QED) is 0.462. The van der Waals surface area contributed by atoms with E-state index >= 15 is 0 Å². The van der Waals surface area contributed by atoms with Crippen molar-refractivity contribution in [2.24, 2.45) is 5.41 Å². The molecule has 4 rings (SSSR count). The van der Waals surface area contributed by atoms with Crippen LogP contribution in [0.15, 0.2) is 42.2 Å². The molecule has 1 fully saturated rings. The SMILES string of the molecule is C[C@]12C=C[C@](C)(CC1)/C(=C/c1ccc([N+](=O)[O-])cc1)O2. The second-order valence-corrected chi connectivity index (χ2v) is 6.02. The number of allylic oxidation sites excluding steroid dienone is 1. The molecule has 4 heteroatoms. The first-order chi connectivity index (χ1) is 9.40. The largest absolute Gasteiger partial charge is 0.487 e. The van der Waals surface area contributed by atoms with E-state index in [1.807, 2.05) is 6.08 Å². The zero-order valence-electron chi connectivity index (χ0n) is 11.6. The molecule has 1 saturated heterocycles. The Morgan fingerprint density at radius 2 is 1.90 bits per heavy atom. The average Bonchev–Trinajstić information content (AvgIpc) is 2.42. The summed E-state index contributed by atoms with van der Waals surface area (Å²) in [6.45, 7) is 4.26. The van der Waals surface area contributed by atoms with Gasteiger partial charge < -0.3 is 4.74 Å². The molecular weight excluding hydrogens is 254 g/mol. The van der Waals surface area contributed by atoms with Gasteiger partial charge in [-0.05, 0) is 56.5 Å². The van der Waals surface area contributed by atoms with Gasteiger partial charge in [0.1, 0.15) is 11.4 Å². The third-order valence-corrected chi connectivity index (χ3v) is 4.25. The number of fused-ring (bicyclic) bond motifs is 2. The van der Waals surface area contributed by atoms with Gasteiger partial charge in [0.2, 0.25) is 0 Å². The molecule has 0 aromatic heterocycles. The molecule has 0 spiro atoms. The number of hydrogen-bond acceptors (Lipinski definition) is 3. The molecule has 2 aliphatic heterocycles. The summed E-state index contributed by atoms with van der Waals surface area (Å²) in [6.07, 6.45) is 8.45. The number of hydrogen-bond donors (Lipinski definition) is 0. The van der Waals surface area contributed by atoms with Crippen molar-refractivity contribution in [1.29, 1.82) is 0 Å². The minimum atomic E-state index is -0.388. The molecule has 2 bridgehead atoms. The second kappa shape index (κ2) is 4.20. The monoisotopic (exact) mass is 271 g/mol. The number of benzene rings is 1. The molecular formula is C16H17NO3. The zero-order chi connectivity index (χ0) is 14.4. The summed E-state index contributed by atoms with van der Waals surface area (Å²) >= 11 is 0. The lowest BCUT2D eigenvalue weighted by Crippen LogP contribution is -2.42. The van der Waals surface area contributed by atoms with Crippen LogP contribution < -0.4 is 0 Å². The van der Waals surface area contributed by atoms with Crippen LogP contribution in [0.5, 0.6) is 0 Å². The fourth-order valence-corrected chi connectivity index (χ4v) is 2.73. The number of non-ortho nitro benzene ring substituents is 1. The summed E-state index contributed by atoms with van der Waals surface area (Å²) < 4.78 is 6.10. The Bertz CT molecular complexity index is 617. The van der Waals surface area contributed by atoms with E-state index in [-0.39, 0.29) is 21.6 Å². The fraction of sp³-hybridized carbons (Fsp3) is 0.375. The topological polar surface area (TPSA) is 52.4 Å². The number of ether oxygens (including phenoxy) is 1. The summed E-state index contributed by atoms with van der Waals surface area (Å²) in [5.74, 6) is 0.947. The van der Waals surface area contributed by atoms with Crippen LogP contribution in [0.4, 0.5) is 5.69 Å². The van der Waals surface area contributed by atoms with Gasteiger partial charge in [0.15, 0.2) is 0 Å². The number of nitro benzene ring substituents is 1. The normalized spacial score (nSPS) is 33.2. The lowest BCUT2D eigenvalue weighted by atomic mass is 9.71. The Morgan fingerprint density at radius 3 is 2.45 bits per heavy atom. The van der Waals surface area contributed by atoms with Crippen LogP contribution in [-0.4, -0.2) is 10.5 Å². The van der Waals surface area contributed by atoms with Crippen LogP contribution in [-0.2, 0) is 4.74 Å². The Morgan fingerprint density at radius 1 is 1.20 bits per heavy atom. The first-order valence-corrected chi connectivity index (χ1v) is 6.76. The van der Waals surface area contributed by atoms with Crippen LogP contribution >= 0.6 is 0 Å². The Hall–Kier alpha value is -2.10. The number of nitrogens with zero attached hydrogens (tertiary/aromatic N) is 1. The minimum absolute atomic E-state index is 0.0560. The van der Waals surface area contributed by atoms with Crippen LogP contribution in [0.25, 0.3) is 6.08 Å². The molecule has 20 heavy (non-hydrogen) atoms. The van der Waals surface area contributed by atoms with Gasteiger partial charge >= 0.3 is 0 Å². The summed E-state index contributed by atoms with van der Waals surface area (Å²) in [7, 11) is 0. The summed E-state index contributed by atoms with van der Waals surface area (Å²) in [4.78, 5) is 10.3. The van der Waals surface area contributed by atoms with Gasteiger partial charge in [-0.1, -0.05) is 6.08 Å². The maximum absolute atomic E-state index is 10.7. The van der Waals surface area contributed by atoms with Gasteiger partial charge in [0, 0.05) is 17.5 Å². The van der Waals surface area contributed by atoms with E-state index in [4.69, 9.17) is 4.74 Å². The van der Waals surface area contributed by atoms with Crippen molar-refractivity contribution in [3.8, 4) is 0 Å². The van der Waals surface area contributed by atoms with Crippen LogP contribution in [0.2, 0.25) is 0 Å². The summed E-state index contributed by atoms with van der Waals surface area (Å²) in [5, 5.41) is 10.7. The molecule has 0 unspecified atom stereocenters.